The van der Waals surface area contributed by atoms with Gasteiger partial charge in [-0.3, -0.25) is 19.8 Å². The maximum absolute atomic E-state index is 12.7. The topological polar surface area (TPSA) is 94.6 Å². The van der Waals surface area contributed by atoms with Crippen molar-refractivity contribution in [1.29, 1.82) is 0 Å². The predicted molar refractivity (Wildman–Crippen MR) is 103 cm³/mol. The molecule has 1 aliphatic rings. The second-order valence-corrected chi connectivity index (χ2v) is 6.24. The standard InChI is InChI=1S/C20H16N4O3/c1-12(25)23-24(17-10-13-6-2-5-9-16(13)22-20(17)27)19-18(26)11-14-7-3-4-8-15(14)21-19/h2-10H,11H2,1H3,(H,22,27)(H,23,25). The number of fused-ring (bicyclic) bond motifs is 2. The van der Waals surface area contributed by atoms with Crippen molar-refractivity contribution < 1.29 is 9.59 Å². The number of anilines is 1. The number of Topliss-reactive ketones (excluding diaryl/α,β-unsaturated/α-hetero) is 1. The van der Waals surface area contributed by atoms with E-state index in [1.54, 1.807) is 18.2 Å². The summed E-state index contributed by atoms with van der Waals surface area (Å²) in [6.07, 6.45) is 0.149. The van der Waals surface area contributed by atoms with E-state index in [1.807, 2.05) is 36.4 Å². The Balaban J connectivity index is 1.89. The molecule has 7 nitrogen and oxygen atoms in total. The minimum Gasteiger partial charge on any atom is -0.320 e. The molecule has 7 heteroatoms. The molecule has 134 valence electrons. The number of hydrogen-bond donors (Lipinski definition) is 2. The Hall–Kier alpha value is -3.74. The Morgan fingerprint density at radius 2 is 1.85 bits per heavy atom. The van der Waals surface area contributed by atoms with Crippen LogP contribution in [0.4, 0.5) is 11.4 Å². The minimum absolute atomic E-state index is 0.00433. The number of ketones is 1. The number of benzene rings is 2. The van der Waals surface area contributed by atoms with Gasteiger partial charge in [0.1, 0.15) is 5.69 Å². The van der Waals surface area contributed by atoms with Crippen LogP contribution in [0, 0.1) is 0 Å². The van der Waals surface area contributed by atoms with E-state index >= 15 is 0 Å². The van der Waals surface area contributed by atoms with Crippen molar-refractivity contribution in [1.82, 2.24) is 10.4 Å². The molecule has 2 N–H and O–H groups in total. The number of amidine groups is 1. The van der Waals surface area contributed by atoms with E-state index in [1.165, 1.54) is 11.9 Å². The second kappa shape index (κ2) is 6.53. The summed E-state index contributed by atoms with van der Waals surface area (Å²) in [4.78, 5) is 44.3. The highest BCUT2D eigenvalue weighted by atomic mass is 16.2. The molecule has 27 heavy (non-hydrogen) atoms. The van der Waals surface area contributed by atoms with Gasteiger partial charge in [0.2, 0.25) is 11.7 Å². The number of nitrogens with one attached hydrogen (secondary N) is 2. The number of para-hydroxylation sites is 2. The number of rotatable bonds is 1. The van der Waals surface area contributed by atoms with Crippen LogP contribution in [0.5, 0.6) is 0 Å². The number of carbonyl (C=O) groups excluding carboxylic acids is 2. The SMILES string of the molecule is CC(=O)NN(C1=Nc2ccccc2CC1=O)c1cc2ccccc2[nH]c1=O. The third-order valence-electron chi connectivity index (χ3n) is 4.27. The number of hydrogen-bond acceptors (Lipinski definition) is 5. The Kier molecular flexibility index (Phi) is 4.04. The molecule has 1 amide bonds. The van der Waals surface area contributed by atoms with Gasteiger partial charge >= 0.3 is 0 Å². The van der Waals surface area contributed by atoms with Gasteiger partial charge in [-0.15, -0.1) is 0 Å². The van der Waals surface area contributed by atoms with Crippen LogP contribution >= 0.6 is 0 Å². The molecule has 0 saturated heterocycles. The van der Waals surface area contributed by atoms with Gasteiger partial charge in [0, 0.05) is 24.2 Å². The monoisotopic (exact) mass is 360 g/mol. The van der Waals surface area contributed by atoms with Gasteiger partial charge < -0.3 is 4.98 Å². The van der Waals surface area contributed by atoms with Crippen LogP contribution < -0.4 is 16.0 Å². The predicted octanol–water partition coefficient (Wildman–Crippen LogP) is 2.24. The molecular formula is C20H16N4O3. The Morgan fingerprint density at radius 1 is 1.11 bits per heavy atom. The molecule has 1 aliphatic heterocycles. The molecule has 4 rings (SSSR count). The molecule has 0 radical (unpaired) electrons. The van der Waals surface area contributed by atoms with E-state index in [9.17, 15) is 14.4 Å². The molecule has 0 fully saturated rings. The zero-order valence-electron chi connectivity index (χ0n) is 14.5. The zero-order valence-corrected chi connectivity index (χ0v) is 14.5. The van der Waals surface area contributed by atoms with E-state index in [2.05, 4.69) is 15.4 Å². The number of aliphatic imine (C=N–C) groups is 1. The highest BCUT2D eigenvalue weighted by Gasteiger charge is 2.28. The van der Waals surface area contributed by atoms with Crippen molar-refractivity contribution in [2.45, 2.75) is 13.3 Å². The molecule has 2 aromatic carbocycles. The van der Waals surface area contributed by atoms with Gasteiger partial charge in [-0.05, 0) is 23.8 Å². The molecule has 2 heterocycles. The molecule has 0 saturated carbocycles. The first-order chi connectivity index (χ1) is 13.0. The van der Waals surface area contributed by atoms with Gasteiger partial charge in [-0.25, -0.2) is 10.0 Å². The lowest BCUT2D eigenvalue weighted by Crippen LogP contribution is -2.51. The minimum atomic E-state index is -0.434. The van der Waals surface area contributed by atoms with Gasteiger partial charge in [-0.2, -0.15) is 0 Å². The highest BCUT2D eigenvalue weighted by Crippen LogP contribution is 2.26. The summed E-state index contributed by atoms with van der Waals surface area (Å²) in [5.74, 6) is -0.698. The summed E-state index contributed by atoms with van der Waals surface area (Å²) in [7, 11) is 0. The largest absolute Gasteiger partial charge is 0.320 e. The zero-order chi connectivity index (χ0) is 19.0. The molecule has 3 aromatic rings. The number of amides is 1. The quantitative estimate of drug-likeness (QED) is 0.651. The number of hydrazine groups is 1. The average Bonchev–Trinajstić information content (AvgIpc) is 2.65. The fraction of sp³-hybridized carbons (Fsp3) is 0.100. The summed E-state index contributed by atoms with van der Waals surface area (Å²) in [6, 6.07) is 16.2. The van der Waals surface area contributed by atoms with Crippen molar-refractivity contribution in [2.24, 2.45) is 4.99 Å². The molecule has 0 bridgehead atoms. The highest BCUT2D eigenvalue weighted by molar-refractivity contribution is 6.45. The van der Waals surface area contributed by atoms with Crippen molar-refractivity contribution in [3.8, 4) is 0 Å². The normalized spacial score (nSPS) is 13.1. The average molecular weight is 360 g/mol. The number of aromatic amines is 1. The van der Waals surface area contributed by atoms with E-state index in [0.29, 0.717) is 11.2 Å². The van der Waals surface area contributed by atoms with Crippen LogP contribution in [-0.2, 0) is 16.0 Å². The molecule has 1 aromatic heterocycles. The molecule has 0 spiro atoms. The number of pyridine rings is 1. The fourth-order valence-electron chi connectivity index (χ4n) is 3.06. The summed E-state index contributed by atoms with van der Waals surface area (Å²) in [5.41, 5.74) is 4.35. The lowest BCUT2D eigenvalue weighted by molar-refractivity contribution is -0.118. The van der Waals surface area contributed by atoms with Crippen LogP contribution in [0.2, 0.25) is 0 Å². The van der Waals surface area contributed by atoms with Gasteiger partial charge in [0.05, 0.1) is 5.69 Å². The Morgan fingerprint density at radius 3 is 2.67 bits per heavy atom. The maximum atomic E-state index is 12.7. The van der Waals surface area contributed by atoms with E-state index < -0.39 is 11.5 Å². The van der Waals surface area contributed by atoms with Crippen molar-refractivity contribution in [2.75, 3.05) is 5.01 Å². The summed E-state index contributed by atoms with van der Waals surface area (Å²) < 4.78 is 0. The first-order valence-electron chi connectivity index (χ1n) is 8.42. The number of aromatic nitrogens is 1. The lowest BCUT2D eigenvalue weighted by atomic mass is 10.0. The third kappa shape index (κ3) is 3.10. The maximum Gasteiger partial charge on any atom is 0.274 e. The molecule has 0 unspecified atom stereocenters. The smallest absolute Gasteiger partial charge is 0.274 e. The van der Waals surface area contributed by atoms with Crippen LogP contribution in [0.3, 0.4) is 0 Å². The van der Waals surface area contributed by atoms with Gasteiger partial charge in [-0.1, -0.05) is 36.4 Å². The van der Waals surface area contributed by atoms with Crippen molar-refractivity contribution in [3.63, 3.8) is 0 Å². The van der Waals surface area contributed by atoms with Crippen molar-refractivity contribution >= 4 is 39.8 Å². The van der Waals surface area contributed by atoms with E-state index in [-0.39, 0.29) is 23.7 Å². The lowest BCUT2D eigenvalue weighted by Gasteiger charge is -2.27. The first kappa shape index (κ1) is 16.7. The van der Waals surface area contributed by atoms with E-state index in [4.69, 9.17) is 0 Å². The molecule has 0 aliphatic carbocycles. The number of carbonyl (C=O) groups is 2. The second-order valence-electron chi connectivity index (χ2n) is 6.24. The molecular weight excluding hydrogens is 344 g/mol. The van der Waals surface area contributed by atoms with Gasteiger partial charge in [0.15, 0.2) is 5.84 Å². The fourth-order valence-corrected chi connectivity index (χ4v) is 3.06. The number of nitrogens with zero attached hydrogens (tertiary/aromatic N) is 2. The van der Waals surface area contributed by atoms with Crippen LogP contribution in [-0.4, -0.2) is 22.5 Å². The summed E-state index contributed by atoms with van der Waals surface area (Å²) in [5, 5.41) is 1.94. The Bertz CT molecular complexity index is 1160. The first-order valence-corrected chi connectivity index (χ1v) is 8.42. The van der Waals surface area contributed by atoms with Crippen LogP contribution in [0.1, 0.15) is 12.5 Å². The van der Waals surface area contributed by atoms with Gasteiger partial charge in [0.25, 0.3) is 5.56 Å². The Labute approximate surface area is 154 Å². The van der Waals surface area contributed by atoms with Crippen molar-refractivity contribution in [3.05, 3.63) is 70.5 Å². The molecule has 0 atom stereocenters. The van der Waals surface area contributed by atoms with Crippen LogP contribution in [0.15, 0.2) is 64.4 Å². The number of H-pyrrole nitrogens is 1. The van der Waals surface area contributed by atoms with E-state index in [0.717, 1.165) is 10.9 Å². The van der Waals surface area contributed by atoms with Crippen LogP contribution in [0.25, 0.3) is 10.9 Å². The third-order valence-corrected chi connectivity index (χ3v) is 4.27. The summed E-state index contributed by atoms with van der Waals surface area (Å²) in [6.45, 7) is 1.31. The summed E-state index contributed by atoms with van der Waals surface area (Å²) >= 11 is 0.